The van der Waals surface area contributed by atoms with Gasteiger partial charge in [-0.1, -0.05) is 12.1 Å². The first-order valence-electron chi connectivity index (χ1n) is 10.8. The molecular weight excluding hydrogens is 412 g/mol. The van der Waals surface area contributed by atoms with Crippen molar-refractivity contribution in [2.45, 2.75) is 43.8 Å². The van der Waals surface area contributed by atoms with Gasteiger partial charge in [0.15, 0.2) is 18.1 Å². The highest BCUT2D eigenvalue weighted by atomic mass is 16.7. The molecular formula is C22H26N6O4. The molecule has 2 bridgehead atoms. The first kappa shape index (κ1) is 20.5. The number of piperidine rings is 1. The van der Waals surface area contributed by atoms with Crippen LogP contribution in [0.1, 0.15) is 31.7 Å². The zero-order chi connectivity index (χ0) is 22.2. The maximum atomic E-state index is 11.7. The van der Waals surface area contributed by atoms with E-state index >= 15 is 0 Å². The van der Waals surface area contributed by atoms with Crippen molar-refractivity contribution < 1.29 is 19.4 Å². The Morgan fingerprint density at radius 2 is 1.94 bits per heavy atom. The van der Waals surface area contributed by atoms with Crippen LogP contribution in [0, 0.1) is 0 Å². The largest absolute Gasteiger partial charge is 0.467 e. The summed E-state index contributed by atoms with van der Waals surface area (Å²) in [6.07, 6.45) is 2.47. The summed E-state index contributed by atoms with van der Waals surface area (Å²) in [5.74, 6) is 1.33. The van der Waals surface area contributed by atoms with E-state index in [1.165, 1.54) is 0 Å². The van der Waals surface area contributed by atoms with Crippen molar-refractivity contribution in [3.63, 3.8) is 0 Å². The Kier molecular flexibility index (Phi) is 5.30. The number of para-hydroxylation sites is 1. The second kappa shape index (κ2) is 8.27. The lowest BCUT2D eigenvalue weighted by Crippen LogP contribution is -2.46. The molecule has 2 aliphatic heterocycles. The van der Waals surface area contributed by atoms with Gasteiger partial charge in [-0.25, -0.2) is 4.79 Å². The Labute approximate surface area is 185 Å². The molecule has 0 aliphatic carbocycles. The Morgan fingerprint density at radius 1 is 1.19 bits per heavy atom. The average Bonchev–Trinajstić information content (AvgIpc) is 3.32. The second-order valence-electron chi connectivity index (χ2n) is 8.25. The van der Waals surface area contributed by atoms with Crippen LogP contribution in [0.15, 0.2) is 30.3 Å². The lowest BCUT2D eigenvalue weighted by atomic mass is 9.98. The minimum absolute atomic E-state index is 0.0333. The molecule has 168 valence electrons. The van der Waals surface area contributed by atoms with Crippen molar-refractivity contribution >= 4 is 22.9 Å². The maximum Gasteiger partial charge on any atom is 0.407 e. The third-order valence-corrected chi connectivity index (χ3v) is 6.46. The van der Waals surface area contributed by atoms with Gasteiger partial charge in [-0.3, -0.25) is 4.68 Å². The summed E-state index contributed by atoms with van der Waals surface area (Å²) in [6.45, 7) is 0.138. The van der Waals surface area contributed by atoms with Gasteiger partial charge in [0.1, 0.15) is 5.75 Å². The molecule has 0 saturated carbocycles. The molecule has 3 aromatic rings. The van der Waals surface area contributed by atoms with Crippen molar-refractivity contribution in [3.8, 4) is 17.0 Å². The third-order valence-electron chi connectivity index (χ3n) is 6.46. The number of aromatic nitrogens is 4. The smallest absolute Gasteiger partial charge is 0.407 e. The fourth-order valence-corrected chi connectivity index (χ4v) is 5.10. The zero-order valence-electron chi connectivity index (χ0n) is 18.1. The minimum atomic E-state index is -0.821. The zero-order valence-corrected chi connectivity index (χ0v) is 18.1. The quantitative estimate of drug-likeness (QED) is 0.563. The van der Waals surface area contributed by atoms with Crippen LogP contribution in [-0.2, 0) is 4.74 Å². The van der Waals surface area contributed by atoms with E-state index in [1.54, 1.807) is 12.0 Å². The van der Waals surface area contributed by atoms with Crippen LogP contribution < -0.4 is 10.1 Å². The molecule has 2 aliphatic rings. The van der Waals surface area contributed by atoms with Crippen LogP contribution >= 0.6 is 0 Å². The van der Waals surface area contributed by atoms with E-state index in [2.05, 4.69) is 15.5 Å². The SMILES string of the molecule is CNc1nn(C2CC3CCC(C2)N3C(=O)O)c2cc(-c3ccccc3OCOC)nnc12. The summed E-state index contributed by atoms with van der Waals surface area (Å²) < 4.78 is 12.8. The summed E-state index contributed by atoms with van der Waals surface area (Å²) >= 11 is 0. The van der Waals surface area contributed by atoms with Crippen molar-refractivity contribution in [2.24, 2.45) is 0 Å². The molecule has 5 rings (SSSR count). The van der Waals surface area contributed by atoms with E-state index in [1.807, 2.05) is 42.1 Å². The molecule has 10 nitrogen and oxygen atoms in total. The van der Waals surface area contributed by atoms with Crippen molar-refractivity contribution in [1.82, 2.24) is 24.9 Å². The summed E-state index contributed by atoms with van der Waals surface area (Å²) in [7, 11) is 3.39. The van der Waals surface area contributed by atoms with Gasteiger partial charge in [0.25, 0.3) is 0 Å². The first-order valence-corrected chi connectivity index (χ1v) is 10.8. The number of nitrogens with one attached hydrogen (secondary N) is 1. The maximum absolute atomic E-state index is 11.7. The van der Waals surface area contributed by atoms with Gasteiger partial charge in [0.2, 0.25) is 0 Å². The van der Waals surface area contributed by atoms with Gasteiger partial charge in [-0.2, -0.15) is 5.10 Å². The van der Waals surface area contributed by atoms with E-state index < -0.39 is 6.09 Å². The molecule has 2 unspecified atom stereocenters. The highest BCUT2D eigenvalue weighted by Gasteiger charge is 2.44. The highest BCUT2D eigenvalue weighted by Crippen LogP contribution is 2.42. The summed E-state index contributed by atoms with van der Waals surface area (Å²) in [5, 5.41) is 26.4. The Balaban J connectivity index is 1.55. The molecule has 1 aromatic carbocycles. The lowest BCUT2D eigenvalue weighted by molar-refractivity contribution is 0.0515. The van der Waals surface area contributed by atoms with Crippen LogP contribution in [0.2, 0.25) is 0 Å². The van der Waals surface area contributed by atoms with E-state index in [-0.39, 0.29) is 24.9 Å². The van der Waals surface area contributed by atoms with Gasteiger partial charge >= 0.3 is 6.09 Å². The highest BCUT2D eigenvalue weighted by molar-refractivity contribution is 5.88. The molecule has 4 heterocycles. The summed E-state index contributed by atoms with van der Waals surface area (Å²) in [4.78, 5) is 13.3. The molecule has 2 fully saturated rings. The van der Waals surface area contributed by atoms with Gasteiger partial charge < -0.3 is 24.8 Å². The molecule has 10 heteroatoms. The molecule has 0 spiro atoms. The van der Waals surface area contributed by atoms with Crippen molar-refractivity contribution in [3.05, 3.63) is 30.3 Å². The number of benzene rings is 1. The van der Waals surface area contributed by atoms with Crippen LogP contribution in [0.3, 0.4) is 0 Å². The Hall–Kier alpha value is -3.40. The van der Waals surface area contributed by atoms with E-state index in [0.29, 0.717) is 22.8 Å². The number of nitrogens with zero attached hydrogens (tertiary/aromatic N) is 5. The number of hydrogen-bond donors (Lipinski definition) is 2. The van der Waals surface area contributed by atoms with Crippen molar-refractivity contribution in [1.29, 1.82) is 0 Å². The Bertz CT molecular complexity index is 1130. The number of carbonyl (C=O) groups is 1. The number of amides is 1. The number of methoxy groups -OCH3 is 1. The Morgan fingerprint density at radius 3 is 2.62 bits per heavy atom. The lowest BCUT2D eigenvalue weighted by Gasteiger charge is -2.37. The van der Waals surface area contributed by atoms with E-state index in [4.69, 9.17) is 14.6 Å². The standard InChI is InChI=1S/C22H26N6O4/c1-23-21-20-18(11-17(24-25-20)16-5-3-4-6-19(16)32-12-31-2)28(26-21)15-9-13-7-8-14(10-15)27(13)22(29)30/h3-6,11,13-15H,7-10,12H2,1-2H3,(H,23,26)(H,29,30). The van der Waals surface area contributed by atoms with Crippen molar-refractivity contribution in [2.75, 3.05) is 26.3 Å². The molecule has 2 aromatic heterocycles. The number of rotatable bonds is 6. The van der Waals surface area contributed by atoms with Gasteiger partial charge in [0.05, 0.1) is 17.3 Å². The van der Waals surface area contributed by atoms with Crippen LogP contribution in [0.25, 0.3) is 22.3 Å². The molecule has 0 radical (unpaired) electrons. The predicted octanol–water partition coefficient (Wildman–Crippen LogP) is 3.36. The third kappa shape index (κ3) is 3.40. The second-order valence-corrected chi connectivity index (χ2v) is 8.25. The molecule has 1 amide bonds. The van der Waals surface area contributed by atoms with Crippen LogP contribution in [-0.4, -0.2) is 69.1 Å². The first-order chi connectivity index (χ1) is 15.6. The molecule has 2 N–H and O–H groups in total. The minimum Gasteiger partial charge on any atom is -0.467 e. The number of carboxylic acid groups (broad SMARTS) is 1. The normalized spacial score (nSPS) is 22.3. The molecule has 32 heavy (non-hydrogen) atoms. The van der Waals surface area contributed by atoms with Gasteiger partial charge in [-0.15, -0.1) is 10.2 Å². The molecule has 2 saturated heterocycles. The number of anilines is 1. The monoisotopic (exact) mass is 438 g/mol. The van der Waals surface area contributed by atoms with E-state index in [0.717, 1.165) is 36.8 Å². The topological polar surface area (TPSA) is 115 Å². The number of ether oxygens (including phenoxy) is 2. The fraction of sp³-hybridized carbons (Fsp3) is 0.455. The van der Waals surface area contributed by atoms with Gasteiger partial charge in [0, 0.05) is 31.8 Å². The fourth-order valence-electron chi connectivity index (χ4n) is 5.10. The van der Waals surface area contributed by atoms with Gasteiger partial charge in [-0.05, 0) is 43.9 Å². The van der Waals surface area contributed by atoms with Crippen LogP contribution in [0.5, 0.6) is 5.75 Å². The van der Waals surface area contributed by atoms with E-state index in [9.17, 15) is 9.90 Å². The average molecular weight is 438 g/mol. The molecule has 2 atom stereocenters. The predicted molar refractivity (Wildman–Crippen MR) is 118 cm³/mol. The number of hydrogen-bond acceptors (Lipinski definition) is 7. The summed E-state index contributed by atoms with van der Waals surface area (Å²) in [6, 6.07) is 9.78. The van der Waals surface area contributed by atoms with Crippen LogP contribution in [0.4, 0.5) is 10.6 Å². The summed E-state index contributed by atoms with van der Waals surface area (Å²) in [5.41, 5.74) is 3.06. The number of fused-ring (bicyclic) bond motifs is 3.